The summed E-state index contributed by atoms with van der Waals surface area (Å²) < 4.78 is 0. The van der Waals surface area contributed by atoms with Crippen LogP contribution in [-0.4, -0.2) is 58.4 Å². The highest BCUT2D eigenvalue weighted by Crippen LogP contribution is 2.17. The van der Waals surface area contributed by atoms with Crippen molar-refractivity contribution in [3.63, 3.8) is 0 Å². The highest BCUT2D eigenvalue weighted by atomic mass is 16.3. The zero-order valence-electron chi connectivity index (χ0n) is 12.6. The first-order valence-electron chi connectivity index (χ1n) is 7.16. The minimum absolute atomic E-state index is 0.0402. The summed E-state index contributed by atoms with van der Waals surface area (Å²) in [6, 6.07) is 3.92. The molecule has 0 atom stereocenters. The number of aryl methyl sites for hydroxylation is 1. The van der Waals surface area contributed by atoms with Crippen molar-refractivity contribution < 1.29 is 10.2 Å². The molecule has 0 aliphatic carbocycles. The number of hydrogen-bond donors (Lipinski definition) is 2. The number of nitrogens with zero attached hydrogens (tertiary/aromatic N) is 3. The van der Waals surface area contributed by atoms with Crippen LogP contribution in [0.15, 0.2) is 12.1 Å². The molecule has 112 valence electrons. The molecule has 1 aromatic heterocycles. The molecule has 2 rings (SSSR count). The van der Waals surface area contributed by atoms with Gasteiger partial charge in [-0.05, 0) is 32.4 Å². The van der Waals surface area contributed by atoms with Crippen LogP contribution in [0.4, 0.5) is 5.82 Å². The highest BCUT2D eigenvalue weighted by molar-refractivity contribution is 5.42. The molecule has 2 heterocycles. The Morgan fingerprint density at radius 3 is 2.35 bits per heavy atom. The van der Waals surface area contributed by atoms with Crippen molar-refractivity contribution in [2.75, 3.05) is 37.6 Å². The van der Waals surface area contributed by atoms with E-state index in [9.17, 15) is 10.2 Å². The first-order chi connectivity index (χ1) is 9.39. The Labute approximate surface area is 120 Å². The lowest BCUT2D eigenvalue weighted by Crippen LogP contribution is -2.50. The van der Waals surface area contributed by atoms with Gasteiger partial charge in [0.2, 0.25) is 0 Å². The maximum Gasteiger partial charge on any atom is 0.128 e. The van der Waals surface area contributed by atoms with Gasteiger partial charge in [0.1, 0.15) is 5.82 Å². The summed E-state index contributed by atoms with van der Waals surface area (Å²) in [4.78, 5) is 9.11. The molecule has 0 bridgehead atoms. The van der Waals surface area contributed by atoms with E-state index >= 15 is 0 Å². The van der Waals surface area contributed by atoms with Gasteiger partial charge in [0.15, 0.2) is 0 Å². The summed E-state index contributed by atoms with van der Waals surface area (Å²) in [5.74, 6) is 0.975. The lowest BCUT2D eigenvalue weighted by atomic mass is 10.1. The van der Waals surface area contributed by atoms with E-state index < -0.39 is 5.60 Å². The highest BCUT2D eigenvalue weighted by Gasteiger charge is 2.23. The Bertz CT molecular complexity index is 449. The van der Waals surface area contributed by atoms with E-state index in [2.05, 4.69) is 14.8 Å². The van der Waals surface area contributed by atoms with Gasteiger partial charge in [0.25, 0.3) is 0 Å². The fourth-order valence-electron chi connectivity index (χ4n) is 2.60. The summed E-state index contributed by atoms with van der Waals surface area (Å²) in [6.45, 7) is 10.1. The van der Waals surface area contributed by atoms with Gasteiger partial charge >= 0.3 is 0 Å². The molecular weight excluding hydrogens is 254 g/mol. The van der Waals surface area contributed by atoms with Crippen LogP contribution >= 0.6 is 0 Å². The van der Waals surface area contributed by atoms with Crippen molar-refractivity contribution in [3.05, 3.63) is 23.4 Å². The molecular formula is C15H25N3O2. The Kier molecular flexibility index (Phi) is 4.62. The zero-order chi connectivity index (χ0) is 14.8. The van der Waals surface area contributed by atoms with Crippen LogP contribution in [0.5, 0.6) is 0 Å². The number of aromatic nitrogens is 1. The van der Waals surface area contributed by atoms with Gasteiger partial charge < -0.3 is 15.1 Å². The molecule has 20 heavy (non-hydrogen) atoms. The Morgan fingerprint density at radius 1 is 1.20 bits per heavy atom. The van der Waals surface area contributed by atoms with Crippen molar-refractivity contribution in [1.29, 1.82) is 0 Å². The van der Waals surface area contributed by atoms with E-state index in [0.29, 0.717) is 6.54 Å². The maximum atomic E-state index is 9.86. The van der Waals surface area contributed by atoms with Gasteiger partial charge in [-0.3, -0.25) is 4.90 Å². The number of aliphatic hydroxyl groups excluding tert-OH is 1. The monoisotopic (exact) mass is 279 g/mol. The van der Waals surface area contributed by atoms with Gasteiger partial charge in [-0.15, -0.1) is 0 Å². The molecule has 2 N–H and O–H groups in total. The molecule has 5 nitrogen and oxygen atoms in total. The Hall–Kier alpha value is -1.17. The second-order valence-corrected chi connectivity index (χ2v) is 6.15. The predicted molar refractivity (Wildman–Crippen MR) is 79.8 cm³/mol. The maximum absolute atomic E-state index is 9.86. The van der Waals surface area contributed by atoms with Crippen molar-refractivity contribution in [2.45, 2.75) is 33.0 Å². The smallest absolute Gasteiger partial charge is 0.128 e. The molecule has 1 fully saturated rings. The average molecular weight is 279 g/mol. The normalized spacial score (nSPS) is 17.6. The summed E-state index contributed by atoms with van der Waals surface area (Å²) in [6.07, 6.45) is 0. The van der Waals surface area contributed by atoms with Crippen molar-refractivity contribution in [3.8, 4) is 0 Å². The fraction of sp³-hybridized carbons (Fsp3) is 0.667. The van der Waals surface area contributed by atoms with E-state index in [-0.39, 0.29) is 6.61 Å². The van der Waals surface area contributed by atoms with Crippen LogP contribution in [0.2, 0.25) is 0 Å². The Balaban J connectivity index is 1.95. The third kappa shape index (κ3) is 3.91. The Morgan fingerprint density at radius 2 is 1.85 bits per heavy atom. The van der Waals surface area contributed by atoms with Gasteiger partial charge in [-0.1, -0.05) is 6.07 Å². The molecule has 1 aliphatic heterocycles. The molecule has 0 aromatic carbocycles. The SMILES string of the molecule is Cc1nc(N2CCN(CC(C)(C)O)CC2)ccc1CO. The summed E-state index contributed by atoms with van der Waals surface area (Å²) >= 11 is 0. The summed E-state index contributed by atoms with van der Waals surface area (Å²) in [5, 5.41) is 19.0. The number of hydrogen-bond acceptors (Lipinski definition) is 5. The largest absolute Gasteiger partial charge is 0.392 e. The van der Waals surface area contributed by atoms with Gasteiger partial charge in [-0.2, -0.15) is 0 Å². The summed E-state index contributed by atoms with van der Waals surface area (Å²) in [7, 11) is 0. The minimum atomic E-state index is -0.639. The number of aliphatic hydroxyl groups is 2. The lowest BCUT2D eigenvalue weighted by Gasteiger charge is -2.37. The minimum Gasteiger partial charge on any atom is -0.392 e. The standard InChI is InChI=1S/C15H25N3O2/c1-12-13(10-19)4-5-14(16-12)18-8-6-17(7-9-18)11-15(2,3)20/h4-5,19-20H,6-11H2,1-3H3. The van der Waals surface area contributed by atoms with Crippen LogP contribution in [0.25, 0.3) is 0 Å². The van der Waals surface area contributed by atoms with Crippen molar-refractivity contribution in [1.82, 2.24) is 9.88 Å². The quantitative estimate of drug-likeness (QED) is 0.853. The predicted octanol–water partition coefficient (Wildman–Crippen LogP) is 0.775. The van der Waals surface area contributed by atoms with E-state index in [0.717, 1.165) is 43.3 Å². The third-order valence-electron chi connectivity index (χ3n) is 3.66. The lowest BCUT2D eigenvalue weighted by molar-refractivity contribution is 0.0344. The number of anilines is 1. The number of piperazine rings is 1. The molecule has 0 radical (unpaired) electrons. The summed E-state index contributed by atoms with van der Waals surface area (Å²) in [5.41, 5.74) is 1.14. The number of pyridine rings is 1. The molecule has 1 aliphatic rings. The van der Waals surface area contributed by atoms with E-state index in [1.54, 1.807) is 0 Å². The van der Waals surface area contributed by atoms with Gasteiger partial charge in [-0.25, -0.2) is 4.98 Å². The topological polar surface area (TPSA) is 59.8 Å². The van der Waals surface area contributed by atoms with Gasteiger partial charge in [0, 0.05) is 38.4 Å². The first kappa shape index (κ1) is 15.2. The van der Waals surface area contributed by atoms with Crippen LogP contribution < -0.4 is 4.90 Å². The number of β-amino-alcohol motifs (C(OH)–C–C–N with tert-alkyl or cyclic N) is 1. The van der Waals surface area contributed by atoms with Crippen molar-refractivity contribution >= 4 is 5.82 Å². The zero-order valence-corrected chi connectivity index (χ0v) is 12.6. The molecule has 0 unspecified atom stereocenters. The van der Waals surface area contributed by atoms with Gasteiger partial charge in [0.05, 0.1) is 12.2 Å². The number of rotatable bonds is 4. The van der Waals surface area contributed by atoms with E-state index in [1.165, 1.54) is 0 Å². The molecule has 0 spiro atoms. The van der Waals surface area contributed by atoms with E-state index in [1.807, 2.05) is 32.9 Å². The average Bonchev–Trinajstić information content (AvgIpc) is 2.37. The fourth-order valence-corrected chi connectivity index (χ4v) is 2.60. The van der Waals surface area contributed by atoms with Crippen LogP contribution in [-0.2, 0) is 6.61 Å². The second-order valence-electron chi connectivity index (χ2n) is 6.15. The van der Waals surface area contributed by atoms with E-state index in [4.69, 9.17) is 0 Å². The third-order valence-corrected chi connectivity index (χ3v) is 3.66. The molecule has 0 amide bonds. The first-order valence-corrected chi connectivity index (χ1v) is 7.16. The molecule has 1 aromatic rings. The second kappa shape index (κ2) is 6.08. The van der Waals surface area contributed by atoms with Crippen molar-refractivity contribution in [2.24, 2.45) is 0 Å². The van der Waals surface area contributed by atoms with Crippen LogP contribution in [0, 0.1) is 6.92 Å². The van der Waals surface area contributed by atoms with Crippen LogP contribution in [0.1, 0.15) is 25.1 Å². The van der Waals surface area contributed by atoms with Crippen LogP contribution in [0.3, 0.4) is 0 Å². The molecule has 1 saturated heterocycles. The molecule has 5 heteroatoms. The molecule has 0 saturated carbocycles.